The smallest absolute Gasteiger partial charge is 0.303 e. The standard InChI is InChI=1S/C23H30BrNO4S/c1-2-3-4-5-8-22(25-30(28,29)21-16-14-20(24)15-17-21)19-12-10-18(11-13-19)7-6-9-23(26)27/h10-17,22,25H,2-9H2,1H3,(H,26,27). The summed E-state index contributed by atoms with van der Waals surface area (Å²) in [5, 5.41) is 8.78. The van der Waals surface area contributed by atoms with Gasteiger partial charge in [0, 0.05) is 16.9 Å². The maximum Gasteiger partial charge on any atom is 0.303 e. The number of hydrogen-bond acceptors (Lipinski definition) is 3. The quantitative estimate of drug-likeness (QED) is 0.341. The Labute approximate surface area is 188 Å². The lowest BCUT2D eigenvalue weighted by Crippen LogP contribution is -2.28. The molecule has 30 heavy (non-hydrogen) atoms. The first-order chi connectivity index (χ1) is 14.3. The predicted octanol–water partition coefficient (Wildman–Crippen LogP) is 5.85. The van der Waals surface area contributed by atoms with E-state index in [0.29, 0.717) is 12.8 Å². The molecule has 0 aliphatic heterocycles. The van der Waals surface area contributed by atoms with Gasteiger partial charge in [0.25, 0.3) is 0 Å². The summed E-state index contributed by atoms with van der Waals surface area (Å²) < 4.78 is 29.5. The molecule has 1 unspecified atom stereocenters. The highest BCUT2D eigenvalue weighted by molar-refractivity contribution is 9.10. The van der Waals surface area contributed by atoms with Gasteiger partial charge in [-0.25, -0.2) is 13.1 Å². The van der Waals surface area contributed by atoms with Gasteiger partial charge in [0.2, 0.25) is 10.0 Å². The fourth-order valence-corrected chi connectivity index (χ4v) is 4.82. The summed E-state index contributed by atoms with van der Waals surface area (Å²) in [5.74, 6) is -0.791. The van der Waals surface area contributed by atoms with Gasteiger partial charge in [0.15, 0.2) is 0 Å². The second-order valence-electron chi connectivity index (χ2n) is 7.47. The topological polar surface area (TPSA) is 83.5 Å². The molecule has 0 aliphatic rings. The highest BCUT2D eigenvalue weighted by Crippen LogP contribution is 2.24. The maximum atomic E-state index is 12.9. The average molecular weight is 496 g/mol. The van der Waals surface area contributed by atoms with Gasteiger partial charge in [0.1, 0.15) is 0 Å². The zero-order chi connectivity index (χ0) is 22.0. The number of benzene rings is 2. The average Bonchev–Trinajstić information content (AvgIpc) is 2.71. The van der Waals surface area contributed by atoms with Gasteiger partial charge in [-0.2, -0.15) is 0 Å². The number of sulfonamides is 1. The van der Waals surface area contributed by atoms with Gasteiger partial charge in [-0.15, -0.1) is 0 Å². The van der Waals surface area contributed by atoms with Crippen LogP contribution in [0.3, 0.4) is 0 Å². The number of carboxylic acids is 1. The number of rotatable bonds is 13. The lowest BCUT2D eigenvalue weighted by Gasteiger charge is -2.20. The second-order valence-corrected chi connectivity index (χ2v) is 10.1. The number of aryl methyl sites for hydroxylation is 1. The molecule has 1 atom stereocenters. The van der Waals surface area contributed by atoms with E-state index in [4.69, 9.17) is 5.11 Å². The summed E-state index contributed by atoms with van der Waals surface area (Å²) >= 11 is 3.33. The van der Waals surface area contributed by atoms with Crippen molar-refractivity contribution in [3.8, 4) is 0 Å². The molecule has 0 saturated carbocycles. The first kappa shape index (κ1) is 24.6. The van der Waals surface area contributed by atoms with Crippen LogP contribution < -0.4 is 4.72 Å². The lowest BCUT2D eigenvalue weighted by molar-refractivity contribution is -0.137. The molecule has 0 aromatic heterocycles. The Morgan fingerprint density at radius 2 is 1.67 bits per heavy atom. The number of halogens is 1. The molecule has 0 aliphatic carbocycles. The van der Waals surface area contributed by atoms with Crippen molar-refractivity contribution in [3.05, 3.63) is 64.1 Å². The van der Waals surface area contributed by atoms with Gasteiger partial charge >= 0.3 is 5.97 Å². The molecule has 2 rings (SSSR count). The van der Waals surface area contributed by atoms with Crippen LogP contribution in [-0.4, -0.2) is 19.5 Å². The van der Waals surface area contributed by atoms with E-state index in [1.54, 1.807) is 24.3 Å². The minimum absolute atomic E-state index is 0.148. The van der Waals surface area contributed by atoms with Crippen molar-refractivity contribution >= 4 is 31.9 Å². The van der Waals surface area contributed by atoms with Gasteiger partial charge in [-0.1, -0.05) is 72.8 Å². The van der Waals surface area contributed by atoms with Crippen molar-refractivity contribution in [2.45, 2.75) is 69.2 Å². The number of carboxylic acid groups (broad SMARTS) is 1. The highest BCUT2D eigenvalue weighted by Gasteiger charge is 2.21. The molecule has 0 saturated heterocycles. The third-order valence-electron chi connectivity index (χ3n) is 5.01. The van der Waals surface area contributed by atoms with E-state index in [1.165, 1.54) is 0 Å². The molecular formula is C23H30BrNO4S. The summed E-state index contributed by atoms with van der Waals surface area (Å²) in [6.45, 7) is 2.15. The zero-order valence-electron chi connectivity index (χ0n) is 17.3. The summed E-state index contributed by atoms with van der Waals surface area (Å²) in [6, 6.07) is 14.1. The normalized spacial score (nSPS) is 12.6. The van der Waals surface area contributed by atoms with Crippen LogP contribution in [0.15, 0.2) is 57.9 Å². The number of unbranched alkanes of at least 4 members (excludes halogenated alkanes) is 3. The van der Waals surface area contributed by atoms with Crippen LogP contribution in [0, 0.1) is 0 Å². The van der Waals surface area contributed by atoms with Crippen molar-refractivity contribution < 1.29 is 18.3 Å². The molecule has 2 N–H and O–H groups in total. The summed E-state index contributed by atoms with van der Waals surface area (Å²) in [5.41, 5.74) is 1.98. The van der Waals surface area contributed by atoms with Crippen LogP contribution in [0.5, 0.6) is 0 Å². The third kappa shape index (κ3) is 8.20. The fourth-order valence-electron chi connectivity index (χ4n) is 3.30. The Morgan fingerprint density at radius 1 is 1.00 bits per heavy atom. The minimum Gasteiger partial charge on any atom is -0.481 e. The van der Waals surface area contributed by atoms with Crippen molar-refractivity contribution in [2.75, 3.05) is 0 Å². The SMILES string of the molecule is CCCCCCC(NS(=O)(=O)c1ccc(Br)cc1)c1ccc(CCCC(=O)O)cc1. The molecule has 0 amide bonds. The monoisotopic (exact) mass is 495 g/mol. The molecule has 0 bridgehead atoms. The largest absolute Gasteiger partial charge is 0.481 e. The van der Waals surface area contributed by atoms with Crippen LogP contribution in [0.25, 0.3) is 0 Å². The Kier molecular flexibility index (Phi) is 10.0. The number of aliphatic carboxylic acids is 1. The van der Waals surface area contributed by atoms with E-state index >= 15 is 0 Å². The second kappa shape index (κ2) is 12.2. The Balaban J connectivity index is 2.13. The Hall–Kier alpha value is -1.70. The Bertz CT molecular complexity index is 896. The number of hydrogen-bond donors (Lipinski definition) is 2. The van der Waals surface area contributed by atoms with E-state index in [2.05, 4.69) is 27.6 Å². The molecule has 0 fully saturated rings. The van der Waals surface area contributed by atoms with Gasteiger partial charge in [0.05, 0.1) is 4.90 Å². The van der Waals surface area contributed by atoms with Gasteiger partial charge < -0.3 is 5.11 Å². The van der Waals surface area contributed by atoms with Gasteiger partial charge in [-0.3, -0.25) is 4.79 Å². The van der Waals surface area contributed by atoms with E-state index in [1.807, 2.05) is 24.3 Å². The molecule has 2 aromatic carbocycles. The summed E-state index contributed by atoms with van der Waals surface area (Å²) in [6.07, 6.45) is 6.43. The zero-order valence-corrected chi connectivity index (χ0v) is 19.7. The molecule has 0 radical (unpaired) electrons. The first-order valence-electron chi connectivity index (χ1n) is 10.4. The molecule has 2 aromatic rings. The van der Waals surface area contributed by atoms with Crippen molar-refractivity contribution in [2.24, 2.45) is 0 Å². The van der Waals surface area contributed by atoms with Crippen molar-refractivity contribution in [1.29, 1.82) is 0 Å². The van der Waals surface area contributed by atoms with Crippen molar-refractivity contribution in [3.63, 3.8) is 0 Å². The van der Waals surface area contributed by atoms with E-state index in [9.17, 15) is 13.2 Å². The third-order valence-corrected chi connectivity index (χ3v) is 7.02. The van der Waals surface area contributed by atoms with E-state index < -0.39 is 16.0 Å². The van der Waals surface area contributed by atoms with Crippen LogP contribution in [-0.2, 0) is 21.2 Å². The summed E-state index contributed by atoms with van der Waals surface area (Å²) in [7, 11) is -3.64. The predicted molar refractivity (Wildman–Crippen MR) is 123 cm³/mol. The maximum absolute atomic E-state index is 12.9. The number of carbonyl (C=O) groups is 1. The van der Waals surface area contributed by atoms with Crippen LogP contribution >= 0.6 is 15.9 Å². The lowest BCUT2D eigenvalue weighted by atomic mass is 9.98. The van der Waals surface area contributed by atoms with Gasteiger partial charge in [-0.05, 0) is 54.7 Å². The molecule has 0 spiro atoms. The van der Waals surface area contributed by atoms with E-state index in [0.717, 1.165) is 47.7 Å². The number of nitrogens with one attached hydrogen (secondary N) is 1. The fraction of sp³-hybridized carbons (Fsp3) is 0.435. The van der Waals surface area contributed by atoms with Crippen molar-refractivity contribution in [1.82, 2.24) is 4.72 Å². The molecule has 0 heterocycles. The van der Waals surface area contributed by atoms with E-state index in [-0.39, 0.29) is 17.4 Å². The Morgan fingerprint density at radius 3 is 2.27 bits per heavy atom. The van der Waals surface area contributed by atoms with Crippen LogP contribution in [0.2, 0.25) is 0 Å². The minimum atomic E-state index is -3.64. The van der Waals surface area contributed by atoms with Crippen LogP contribution in [0.1, 0.15) is 69.0 Å². The molecular weight excluding hydrogens is 466 g/mol. The molecule has 7 heteroatoms. The highest BCUT2D eigenvalue weighted by atomic mass is 79.9. The first-order valence-corrected chi connectivity index (χ1v) is 12.7. The van der Waals surface area contributed by atoms with Crippen LogP contribution in [0.4, 0.5) is 0 Å². The molecule has 5 nitrogen and oxygen atoms in total. The summed E-state index contributed by atoms with van der Waals surface area (Å²) in [4.78, 5) is 10.9. The molecule has 164 valence electrons.